The zero-order chi connectivity index (χ0) is 10.8. The van der Waals surface area contributed by atoms with Crippen LogP contribution in [0.3, 0.4) is 0 Å². The highest BCUT2D eigenvalue weighted by Crippen LogP contribution is 2.33. The van der Waals surface area contributed by atoms with Crippen molar-refractivity contribution in [2.45, 2.75) is 58.5 Å². The minimum Gasteiger partial charge on any atom is -0.295 e. The molecule has 1 heterocycles. The molecule has 14 heavy (non-hydrogen) atoms. The maximum atomic E-state index is 8.94. The molecule has 2 heteroatoms. The smallest absolute Gasteiger partial charge is 0.0657 e. The van der Waals surface area contributed by atoms with Gasteiger partial charge in [-0.3, -0.25) is 4.90 Å². The lowest BCUT2D eigenvalue weighted by Crippen LogP contribution is -2.53. The molecule has 0 aromatic heterocycles. The molecule has 2 unspecified atom stereocenters. The number of rotatable bonds is 2. The van der Waals surface area contributed by atoms with Crippen LogP contribution >= 0.6 is 0 Å². The molecule has 0 amide bonds. The van der Waals surface area contributed by atoms with E-state index >= 15 is 0 Å². The normalized spacial score (nSPS) is 29.5. The monoisotopic (exact) mass is 194 g/mol. The molecule has 2 nitrogen and oxygen atoms in total. The van der Waals surface area contributed by atoms with Gasteiger partial charge in [-0.1, -0.05) is 6.92 Å². The average Bonchev–Trinajstić information content (AvgIpc) is 2.15. The molecule has 0 spiro atoms. The number of hydrogen-bond acceptors (Lipinski definition) is 2. The van der Waals surface area contributed by atoms with Crippen LogP contribution in [0.15, 0.2) is 0 Å². The number of hydrogen-bond donors (Lipinski definition) is 0. The van der Waals surface area contributed by atoms with Crippen molar-refractivity contribution in [1.29, 1.82) is 5.26 Å². The van der Waals surface area contributed by atoms with Crippen LogP contribution < -0.4 is 0 Å². The van der Waals surface area contributed by atoms with E-state index < -0.39 is 0 Å². The van der Waals surface area contributed by atoms with E-state index in [4.69, 9.17) is 5.26 Å². The van der Waals surface area contributed by atoms with Gasteiger partial charge >= 0.3 is 0 Å². The lowest BCUT2D eigenvalue weighted by atomic mass is 9.82. The molecular weight excluding hydrogens is 172 g/mol. The zero-order valence-electron chi connectivity index (χ0n) is 9.88. The molecule has 1 aliphatic heterocycles. The highest BCUT2D eigenvalue weighted by molar-refractivity contribution is 4.98. The van der Waals surface area contributed by atoms with Crippen molar-refractivity contribution in [2.75, 3.05) is 6.54 Å². The molecule has 0 aromatic rings. The standard InChI is InChI=1S/C12H22N2/c1-5-10(2)14-7-6-11(9-13)8-12(14,3)4/h10-11H,5-8H2,1-4H3. The SMILES string of the molecule is CCC(C)N1CCC(C#N)CC1(C)C. The Balaban J connectivity index is 2.68. The minimum atomic E-state index is 0.202. The Hall–Kier alpha value is -0.550. The molecular formula is C12H22N2. The van der Waals surface area contributed by atoms with E-state index in [1.165, 1.54) is 6.42 Å². The van der Waals surface area contributed by atoms with Crippen LogP contribution in [0.4, 0.5) is 0 Å². The first-order valence-corrected chi connectivity index (χ1v) is 5.67. The first-order chi connectivity index (χ1) is 6.51. The molecule has 0 aromatic carbocycles. The summed E-state index contributed by atoms with van der Waals surface area (Å²) >= 11 is 0. The van der Waals surface area contributed by atoms with Gasteiger partial charge in [0.2, 0.25) is 0 Å². The zero-order valence-corrected chi connectivity index (χ0v) is 9.88. The topological polar surface area (TPSA) is 27.0 Å². The maximum absolute atomic E-state index is 8.94. The highest BCUT2D eigenvalue weighted by atomic mass is 15.2. The van der Waals surface area contributed by atoms with Crippen molar-refractivity contribution < 1.29 is 0 Å². The van der Waals surface area contributed by atoms with Crippen LogP contribution in [0.5, 0.6) is 0 Å². The number of nitriles is 1. The highest BCUT2D eigenvalue weighted by Gasteiger charge is 2.36. The summed E-state index contributed by atoms with van der Waals surface area (Å²) in [5.41, 5.74) is 0.202. The van der Waals surface area contributed by atoms with Gasteiger partial charge in [-0.05, 0) is 40.0 Å². The fourth-order valence-corrected chi connectivity index (χ4v) is 2.57. The number of piperidine rings is 1. The first kappa shape index (κ1) is 11.5. The summed E-state index contributed by atoms with van der Waals surface area (Å²) in [7, 11) is 0. The predicted octanol–water partition coefficient (Wildman–Crippen LogP) is 2.80. The second-order valence-corrected chi connectivity index (χ2v) is 5.08. The van der Waals surface area contributed by atoms with Gasteiger partial charge in [-0.2, -0.15) is 5.26 Å². The van der Waals surface area contributed by atoms with Crippen LogP contribution in [0.25, 0.3) is 0 Å². The van der Waals surface area contributed by atoms with Gasteiger partial charge in [0.25, 0.3) is 0 Å². The summed E-state index contributed by atoms with van der Waals surface area (Å²) in [6, 6.07) is 3.05. The second kappa shape index (κ2) is 4.31. The molecule has 2 atom stereocenters. The lowest BCUT2D eigenvalue weighted by molar-refractivity contribution is 0.0247. The fraction of sp³-hybridized carbons (Fsp3) is 0.917. The van der Waals surface area contributed by atoms with E-state index in [0.29, 0.717) is 6.04 Å². The first-order valence-electron chi connectivity index (χ1n) is 5.67. The molecule has 1 rings (SSSR count). The second-order valence-electron chi connectivity index (χ2n) is 5.08. The van der Waals surface area contributed by atoms with E-state index in [9.17, 15) is 0 Å². The molecule has 0 aliphatic carbocycles. The molecule has 1 fully saturated rings. The Morgan fingerprint density at radius 1 is 1.57 bits per heavy atom. The quantitative estimate of drug-likeness (QED) is 0.676. The van der Waals surface area contributed by atoms with Gasteiger partial charge in [0, 0.05) is 24.0 Å². The minimum absolute atomic E-state index is 0.202. The van der Waals surface area contributed by atoms with Crippen LogP contribution in [-0.2, 0) is 0 Å². The van der Waals surface area contributed by atoms with Crippen LogP contribution in [-0.4, -0.2) is 23.0 Å². The maximum Gasteiger partial charge on any atom is 0.0657 e. The van der Waals surface area contributed by atoms with Crippen molar-refractivity contribution in [2.24, 2.45) is 5.92 Å². The molecule has 80 valence electrons. The summed E-state index contributed by atoms with van der Waals surface area (Å²) < 4.78 is 0. The number of nitrogens with zero attached hydrogens (tertiary/aromatic N) is 2. The van der Waals surface area contributed by atoms with Crippen LogP contribution in [0.2, 0.25) is 0 Å². The predicted molar refractivity (Wildman–Crippen MR) is 58.9 cm³/mol. The van der Waals surface area contributed by atoms with Crippen molar-refractivity contribution in [1.82, 2.24) is 4.90 Å². The van der Waals surface area contributed by atoms with Gasteiger partial charge in [0.1, 0.15) is 0 Å². The third kappa shape index (κ3) is 2.27. The van der Waals surface area contributed by atoms with E-state index in [2.05, 4.69) is 38.7 Å². The van der Waals surface area contributed by atoms with Crippen LogP contribution in [0, 0.1) is 17.2 Å². The summed E-state index contributed by atoms with van der Waals surface area (Å²) in [4.78, 5) is 2.56. The van der Waals surface area contributed by atoms with Gasteiger partial charge < -0.3 is 0 Å². The van der Waals surface area contributed by atoms with Crippen LogP contribution in [0.1, 0.15) is 47.0 Å². The Kier molecular flexibility index (Phi) is 3.55. The lowest BCUT2D eigenvalue weighted by Gasteiger charge is -2.47. The third-order valence-electron chi connectivity index (χ3n) is 3.55. The Bertz CT molecular complexity index is 227. The van der Waals surface area contributed by atoms with Gasteiger partial charge in [-0.25, -0.2) is 0 Å². The molecule has 0 radical (unpaired) electrons. The molecule has 1 aliphatic rings. The van der Waals surface area contributed by atoms with Gasteiger partial charge in [-0.15, -0.1) is 0 Å². The summed E-state index contributed by atoms with van der Waals surface area (Å²) in [6.45, 7) is 10.1. The number of likely N-dealkylation sites (tertiary alicyclic amines) is 1. The summed E-state index contributed by atoms with van der Waals surface area (Å²) in [6.07, 6.45) is 3.26. The molecule has 0 N–H and O–H groups in total. The van der Waals surface area contributed by atoms with Gasteiger partial charge in [0.05, 0.1) is 6.07 Å². The van der Waals surface area contributed by atoms with Crippen molar-refractivity contribution in [3.63, 3.8) is 0 Å². The Morgan fingerprint density at radius 3 is 2.64 bits per heavy atom. The molecule has 0 bridgehead atoms. The summed E-state index contributed by atoms with van der Waals surface area (Å²) in [5, 5.41) is 8.94. The van der Waals surface area contributed by atoms with Crippen molar-refractivity contribution in [3.05, 3.63) is 0 Å². The van der Waals surface area contributed by atoms with Crippen molar-refractivity contribution in [3.8, 4) is 6.07 Å². The Labute approximate surface area is 87.9 Å². The van der Waals surface area contributed by atoms with E-state index in [-0.39, 0.29) is 11.5 Å². The molecule has 1 saturated heterocycles. The van der Waals surface area contributed by atoms with E-state index in [0.717, 1.165) is 19.4 Å². The largest absolute Gasteiger partial charge is 0.295 e. The summed E-state index contributed by atoms with van der Waals surface area (Å²) in [5.74, 6) is 0.269. The average molecular weight is 194 g/mol. The Morgan fingerprint density at radius 2 is 2.21 bits per heavy atom. The van der Waals surface area contributed by atoms with Crippen molar-refractivity contribution >= 4 is 0 Å². The third-order valence-corrected chi connectivity index (χ3v) is 3.55. The van der Waals surface area contributed by atoms with Gasteiger partial charge in [0.15, 0.2) is 0 Å². The molecule has 0 saturated carbocycles. The van der Waals surface area contributed by atoms with E-state index in [1.807, 2.05) is 0 Å². The van der Waals surface area contributed by atoms with E-state index in [1.54, 1.807) is 0 Å². The fourth-order valence-electron chi connectivity index (χ4n) is 2.57.